The van der Waals surface area contributed by atoms with Crippen LogP contribution in [0.5, 0.6) is 5.75 Å². The molecule has 1 heterocycles. The molecule has 130 valence electrons. The molecule has 0 aliphatic carbocycles. The van der Waals surface area contributed by atoms with Crippen molar-refractivity contribution < 1.29 is 14.3 Å². The standard InChI is InChI=1S/C21H23NO3/c1-3-17(21(23)24-4-2)19-13-22-20-11-10-16(12-18(19)20)25-14-15-8-6-5-7-9-15/h5-13,17,22H,3-4,14H2,1-2H3. The monoisotopic (exact) mass is 337 g/mol. The van der Waals surface area contributed by atoms with Crippen molar-refractivity contribution in [2.75, 3.05) is 6.61 Å². The second-order valence-corrected chi connectivity index (χ2v) is 5.94. The summed E-state index contributed by atoms with van der Waals surface area (Å²) in [5, 5.41) is 1.01. The van der Waals surface area contributed by atoms with Crippen molar-refractivity contribution in [1.82, 2.24) is 4.98 Å². The molecule has 0 aliphatic rings. The summed E-state index contributed by atoms with van der Waals surface area (Å²) in [6.45, 7) is 4.73. The number of aromatic nitrogens is 1. The van der Waals surface area contributed by atoms with Crippen molar-refractivity contribution >= 4 is 16.9 Å². The van der Waals surface area contributed by atoms with Gasteiger partial charge in [0.1, 0.15) is 12.4 Å². The van der Waals surface area contributed by atoms with Gasteiger partial charge in [-0.05, 0) is 42.7 Å². The Morgan fingerprint density at radius 1 is 1.12 bits per heavy atom. The molecular formula is C21H23NO3. The maximum atomic E-state index is 12.2. The minimum atomic E-state index is -0.266. The van der Waals surface area contributed by atoms with Gasteiger partial charge in [-0.25, -0.2) is 0 Å². The molecule has 0 spiro atoms. The molecule has 1 N–H and O–H groups in total. The third-order valence-corrected chi connectivity index (χ3v) is 4.29. The number of hydrogen-bond donors (Lipinski definition) is 1. The number of hydrogen-bond acceptors (Lipinski definition) is 3. The van der Waals surface area contributed by atoms with Gasteiger partial charge in [0.05, 0.1) is 12.5 Å². The Balaban J connectivity index is 1.84. The Morgan fingerprint density at radius 2 is 1.92 bits per heavy atom. The maximum absolute atomic E-state index is 12.2. The normalized spacial score (nSPS) is 12.1. The smallest absolute Gasteiger partial charge is 0.313 e. The molecule has 0 amide bonds. The fourth-order valence-electron chi connectivity index (χ4n) is 3.00. The lowest BCUT2D eigenvalue weighted by molar-refractivity contribution is -0.145. The van der Waals surface area contributed by atoms with Gasteiger partial charge in [0, 0.05) is 17.1 Å². The molecule has 0 fully saturated rings. The zero-order chi connectivity index (χ0) is 17.6. The molecule has 0 saturated heterocycles. The predicted octanol–water partition coefficient (Wildman–Crippen LogP) is 4.80. The highest BCUT2D eigenvalue weighted by Gasteiger charge is 2.23. The van der Waals surface area contributed by atoms with Crippen LogP contribution in [0.2, 0.25) is 0 Å². The first-order valence-corrected chi connectivity index (χ1v) is 8.67. The predicted molar refractivity (Wildman–Crippen MR) is 98.7 cm³/mol. The van der Waals surface area contributed by atoms with Gasteiger partial charge in [0.15, 0.2) is 0 Å². The van der Waals surface area contributed by atoms with E-state index in [0.717, 1.165) is 27.8 Å². The quantitative estimate of drug-likeness (QED) is 0.630. The Morgan fingerprint density at radius 3 is 2.64 bits per heavy atom. The summed E-state index contributed by atoms with van der Waals surface area (Å²) in [4.78, 5) is 15.5. The molecule has 1 atom stereocenters. The van der Waals surface area contributed by atoms with Crippen LogP contribution in [0.1, 0.15) is 37.3 Å². The first-order chi connectivity index (χ1) is 12.2. The molecule has 0 aliphatic heterocycles. The molecule has 3 rings (SSSR count). The number of fused-ring (bicyclic) bond motifs is 1. The van der Waals surface area contributed by atoms with Crippen LogP contribution in [0.25, 0.3) is 10.9 Å². The largest absolute Gasteiger partial charge is 0.489 e. The zero-order valence-electron chi connectivity index (χ0n) is 14.6. The Bertz CT molecular complexity index is 839. The van der Waals surface area contributed by atoms with E-state index in [-0.39, 0.29) is 11.9 Å². The summed E-state index contributed by atoms with van der Waals surface area (Å²) in [6.07, 6.45) is 2.59. The first-order valence-electron chi connectivity index (χ1n) is 8.67. The topological polar surface area (TPSA) is 51.3 Å². The number of rotatable bonds is 7. The van der Waals surface area contributed by atoms with E-state index in [4.69, 9.17) is 9.47 Å². The molecule has 2 aromatic carbocycles. The highest BCUT2D eigenvalue weighted by atomic mass is 16.5. The van der Waals surface area contributed by atoms with Crippen molar-refractivity contribution in [3.63, 3.8) is 0 Å². The third kappa shape index (κ3) is 3.85. The lowest BCUT2D eigenvalue weighted by Gasteiger charge is -2.13. The number of H-pyrrole nitrogens is 1. The molecular weight excluding hydrogens is 314 g/mol. The number of nitrogens with one attached hydrogen (secondary N) is 1. The van der Waals surface area contributed by atoms with Gasteiger partial charge in [-0.15, -0.1) is 0 Å². The summed E-state index contributed by atoms with van der Waals surface area (Å²) in [6, 6.07) is 16.0. The number of carbonyl (C=O) groups excluding carboxylic acids is 1. The van der Waals surface area contributed by atoms with Gasteiger partial charge in [0.25, 0.3) is 0 Å². The maximum Gasteiger partial charge on any atom is 0.313 e. The van der Waals surface area contributed by atoms with Gasteiger partial charge in [-0.1, -0.05) is 37.3 Å². The molecule has 1 unspecified atom stereocenters. The number of carbonyl (C=O) groups is 1. The summed E-state index contributed by atoms with van der Waals surface area (Å²) in [7, 11) is 0. The van der Waals surface area contributed by atoms with Crippen LogP contribution in [0, 0.1) is 0 Å². The fraction of sp³-hybridized carbons (Fsp3) is 0.286. The van der Waals surface area contributed by atoms with Crippen LogP contribution in [-0.2, 0) is 16.1 Å². The molecule has 0 bridgehead atoms. The first kappa shape index (κ1) is 17.1. The second kappa shape index (κ2) is 7.88. The van der Waals surface area contributed by atoms with Crippen molar-refractivity contribution in [2.24, 2.45) is 0 Å². The highest BCUT2D eigenvalue weighted by Crippen LogP contribution is 2.31. The van der Waals surface area contributed by atoms with Crippen molar-refractivity contribution in [3.8, 4) is 5.75 Å². The van der Waals surface area contributed by atoms with E-state index in [1.807, 2.05) is 68.6 Å². The SMILES string of the molecule is CCOC(=O)C(CC)c1c[nH]c2ccc(OCc3ccccc3)cc12. The van der Waals surface area contributed by atoms with Gasteiger partial charge in [-0.2, -0.15) is 0 Å². The fourth-order valence-corrected chi connectivity index (χ4v) is 3.00. The van der Waals surface area contributed by atoms with E-state index < -0.39 is 0 Å². The van der Waals surface area contributed by atoms with E-state index in [0.29, 0.717) is 19.6 Å². The van der Waals surface area contributed by atoms with Crippen LogP contribution < -0.4 is 4.74 Å². The van der Waals surface area contributed by atoms with Gasteiger partial charge >= 0.3 is 5.97 Å². The lowest BCUT2D eigenvalue weighted by atomic mass is 9.96. The molecule has 3 aromatic rings. The number of aromatic amines is 1. The van der Waals surface area contributed by atoms with Crippen LogP contribution >= 0.6 is 0 Å². The number of benzene rings is 2. The van der Waals surface area contributed by atoms with Crippen LogP contribution in [0.3, 0.4) is 0 Å². The van der Waals surface area contributed by atoms with Crippen molar-refractivity contribution in [1.29, 1.82) is 0 Å². The molecule has 4 heteroatoms. The van der Waals surface area contributed by atoms with Crippen molar-refractivity contribution in [3.05, 3.63) is 65.9 Å². The second-order valence-electron chi connectivity index (χ2n) is 5.94. The van der Waals surface area contributed by atoms with E-state index in [9.17, 15) is 4.79 Å². The highest BCUT2D eigenvalue weighted by molar-refractivity contribution is 5.90. The Kier molecular flexibility index (Phi) is 5.39. The molecule has 25 heavy (non-hydrogen) atoms. The molecule has 4 nitrogen and oxygen atoms in total. The van der Waals surface area contributed by atoms with E-state index in [1.165, 1.54) is 0 Å². The van der Waals surface area contributed by atoms with Crippen LogP contribution in [0.4, 0.5) is 0 Å². The van der Waals surface area contributed by atoms with Crippen LogP contribution in [0.15, 0.2) is 54.7 Å². The average molecular weight is 337 g/mol. The average Bonchev–Trinajstić information content (AvgIpc) is 3.05. The molecule has 1 aromatic heterocycles. The molecule has 0 saturated carbocycles. The van der Waals surface area contributed by atoms with E-state index >= 15 is 0 Å². The van der Waals surface area contributed by atoms with Crippen LogP contribution in [-0.4, -0.2) is 17.6 Å². The third-order valence-electron chi connectivity index (χ3n) is 4.29. The number of ether oxygens (including phenoxy) is 2. The number of esters is 1. The zero-order valence-corrected chi connectivity index (χ0v) is 14.6. The lowest BCUT2D eigenvalue weighted by Crippen LogP contribution is -2.15. The van der Waals surface area contributed by atoms with Gasteiger partial charge in [-0.3, -0.25) is 4.79 Å². The minimum Gasteiger partial charge on any atom is -0.489 e. The van der Waals surface area contributed by atoms with Gasteiger partial charge < -0.3 is 14.5 Å². The van der Waals surface area contributed by atoms with E-state index in [1.54, 1.807) is 0 Å². The summed E-state index contributed by atoms with van der Waals surface area (Å²) >= 11 is 0. The summed E-state index contributed by atoms with van der Waals surface area (Å²) in [5.74, 6) is 0.343. The van der Waals surface area contributed by atoms with Crippen molar-refractivity contribution in [2.45, 2.75) is 32.8 Å². The minimum absolute atomic E-state index is 0.179. The Labute approximate surface area is 147 Å². The van der Waals surface area contributed by atoms with E-state index in [2.05, 4.69) is 4.98 Å². The van der Waals surface area contributed by atoms with Gasteiger partial charge in [0.2, 0.25) is 0 Å². The Hall–Kier alpha value is -2.75. The molecule has 0 radical (unpaired) electrons. The summed E-state index contributed by atoms with van der Waals surface area (Å²) < 4.78 is 11.1. The summed E-state index contributed by atoms with van der Waals surface area (Å²) in [5.41, 5.74) is 3.07.